The van der Waals surface area contributed by atoms with Crippen LogP contribution in [0.5, 0.6) is 0 Å². The highest BCUT2D eigenvalue weighted by molar-refractivity contribution is 5.26. The van der Waals surface area contributed by atoms with E-state index in [2.05, 4.69) is 67.0 Å². The van der Waals surface area contributed by atoms with Crippen LogP contribution in [0.25, 0.3) is 0 Å². The summed E-state index contributed by atoms with van der Waals surface area (Å²) in [4.78, 5) is 4.44. The molecule has 0 amide bonds. The molecule has 0 fully saturated rings. The van der Waals surface area contributed by atoms with Crippen molar-refractivity contribution in [2.24, 2.45) is 7.05 Å². The predicted octanol–water partition coefficient (Wildman–Crippen LogP) is 3.44. The lowest BCUT2D eigenvalue weighted by atomic mass is 9.92. The Bertz CT molecular complexity index is 557. The molecule has 0 spiro atoms. The van der Waals surface area contributed by atoms with Crippen molar-refractivity contribution < 1.29 is 0 Å². The number of nitrogens with zero attached hydrogens (tertiary/aromatic N) is 2. The molecule has 114 valence electrons. The van der Waals surface area contributed by atoms with Gasteiger partial charge in [-0.25, -0.2) is 4.98 Å². The summed E-state index contributed by atoms with van der Waals surface area (Å²) < 4.78 is 2.11. The van der Waals surface area contributed by atoms with Crippen molar-refractivity contribution in [1.29, 1.82) is 0 Å². The van der Waals surface area contributed by atoms with Crippen molar-refractivity contribution in [3.8, 4) is 0 Å². The Balaban J connectivity index is 2.06. The maximum Gasteiger partial charge on any atom is 0.108 e. The summed E-state index contributed by atoms with van der Waals surface area (Å²) in [7, 11) is 2.07. The van der Waals surface area contributed by atoms with Crippen molar-refractivity contribution in [1.82, 2.24) is 14.9 Å². The molecule has 0 radical (unpaired) electrons. The van der Waals surface area contributed by atoms with Crippen LogP contribution < -0.4 is 5.32 Å². The van der Waals surface area contributed by atoms with Crippen LogP contribution in [0.3, 0.4) is 0 Å². The Kier molecular flexibility index (Phi) is 5.57. The SMILES string of the molecule is Cc1cccc(C(CCc2nccn2C)CNC(C)C)c1. The number of benzene rings is 1. The summed E-state index contributed by atoms with van der Waals surface area (Å²) in [5.74, 6) is 1.70. The van der Waals surface area contributed by atoms with Crippen LogP contribution in [0.1, 0.15) is 43.1 Å². The smallest absolute Gasteiger partial charge is 0.108 e. The molecule has 1 unspecified atom stereocenters. The molecule has 0 aliphatic heterocycles. The second-order valence-electron chi connectivity index (χ2n) is 6.17. The molecule has 21 heavy (non-hydrogen) atoms. The van der Waals surface area contributed by atoms with E-state index < -0.39 is 0 Å². The van der Waals surface area contributed by atoms with Gasteiger partial charge in [0, 0.05) is 38.4 Å². The number of hydrogen-bond acceptors (Lipinski definition) is 2. The quantitative estimate of drug-likeness (QED) is 0.844. The number of rotatable bonds is 7. The fourth-order valence-corrected chi connectivity index (χ4v) is 2.63. The summed E-state index contributed by atoms with van der Waals surface area (Å²) >= 11 is 0. The lowest BCUT2D eigenvalue weighted by Gasteiger charge is -2.20. The average Bonchev–Trinajstić information content (AvgIpc) is 2.84. The molecule has 1 atom stereocenters. The Hall–Kier alpha value is -1.61. The van der Waals surface area contributed by atoms with Gasteiger partial charge < -0.3 is 9.88 Å². The van der Waals surface area contributed by atoms with Crippen LogP contribution in [-0.4, -0.2) is 22.1 Å². The fraction of sp³-hybridized carbons (Fsp3) is 0.500. The summed E-state index contributed by atoms with van der Waals surface area (Å²) in [5, 5.41) is 3.58. The Morgan fingerprint density at radius 2 is 2.10 bits per heavy atom. The van der Waals surface area contributed by atoms with Gasteiger partial charge in [-0.05, 0) is 24.8 Å². The third kappa shape index (κ3) is 4.71. The fourth-order valence-electron chi connectivity index (χ4n) is 2.63. The zero-order valence-corrected chi connectivity index (χ0v) is 13.6. The zero-order chi connectivity index (χ0) is 15.2. The lowest BCUT2D eigenvalue weighted by Crippen LogP contribution is -2.28. The van der Waals surface area contributed by atoms with Crippen LogP contribution in [-0.2, 0) is 13.5 Å². The van der Waals surface area contributed by atoms with Crippen LogP contribution in [0, 0.1) is 6.92 Å². The minimum Gasteiger partial charge on any atom is -0.338 e. The molecule has 0 aliphatic carbocycles. The van der Waals surface area contributed by atoms with E-state index in [0.717, 1.165) is 25.2 Å². The van der Waals surface area contributed by atoms with Gasteiger partial charge >= 0.3 is 0 Å². The molecule has 1 N–H and O–H groups in total. The Labute approximate surface area is 128 Å². The van der Waals surface area contributed by atoms with E-state index in [0.29, 0.717) is 12.0 Å². The summed E-state index contributed by atoms with van der Waals surface area (Å²) in [5.41, 5.74) is 2.76. The van der Waals surface area contributed by atoms with Gasteiger partial charge in [0.2, 0.25) is 0 Å². The second kappa shape index (κ2) is 7.41. The third-order valence-corrected chi connectivity index (χ3v) is 3.92. The molecule has 3 nitrogen and oxygen atoms in total. The molecule has 0 saturated carbocycles. The predicted molar refractivity (Wildman–Crippen MR) is 88.6 cm³/mol. The van der Waals surface area contributed by atoms with Crippen molar-refractivity contribution in [3.63, 3.8) is 0 Å². The second-order valence-corrected chi connectivity index (χ2v) is 6.17. The van der Waals surface area contributed by atoms with E-state index in [-0.39, 0.29) is 0 Å². The van der Waals surface area contributed by atoms with Crippen molar-refractivity contribution in [2.45, 2.75) is 45.6 Å². The molecule has 1 aromatic carbocycles. The van der Waals surface area contributed by atoms with Crippen molar-refractivity contribution in [2.75, 3.05) is 6.54 Å². The maximum atomic E-state index is 4.44. The number of hydrogen-bond donors (Lipinski definition) is 1. The topological polar surface area (TPSA) is 29.9 Å². The number of aromatic nitrogens is 2. The Morgan fingerprint density at radius 1 is 1.29 bits per heavy atom. The molecule has 2 rings (SSSR count). The molecule has 3 heteroatoms. The first-order chi connectivity index (χ1) is 10.1. The molecule has 0 saturated heterocycles. The van der Waals surface area contributed by atoms with E-state index in [4.69, 9.17) is 0 Å². The van der Waals surface area contributed by atoms with E-state index in [9.17, 15) is 0 Å². The van der Waals surface area contributed by atoms with Gasteiger partial charge in [0.25, 0.3) is 0 Å². The van der Waals surface area contributed by atoms with Gasteiger partial charge in [0.15, 0.2) is 0 Å². The zero-order valence-electron chi connectivity index (χ0n) is 13.6. The third-order valence-electron chi connectivity index (χ3n) is 3.92. The number of nitrogens with one attached hydrogen (secondary N) is 1. The summed E-state index contributed by atoms with van der Waals surface area (Å²) in [6, 6.07) is 9.40. The minimum atomic E-state index is 0.519. The van der Waals surface area contributed by atoms with E-state index in [1.165, 1.54) is 11.1 Å². The monoisotopic (exact) mass is 285 g/mol. The Morgan fingerprint density at radius 3 is 2.71 bits per heavy atom. The minimum absolute atomic E-state index is 0.519. The number of imidazole rings is 1. The maximum absolute atomic E-state index is 4.44. The van der Waals surface area contributed by atoms with E-state index in [1.807, 2.05) is 12.4 Å². The van der Waals surface area contributed by atoms with Crippen LogP contribution in [0.15, 0.2) is 36.7 Å². The molecular formula is C18H27N3. The first kappa shape index (κ1) is 15.8. The van der Waals surface area contributed by atoms with Gasteiger partial charge in [-0.15, -0.1) is 0 Å². The number of aryl methyl sites for hydroxylation is 3. The molecule has 2 aromatic rings. The largest absolute Gasteiger partial charge is 0.338 e. The van der Waals surface area contributed by atoms with Gasteiger partial charge in [-0.2, -0.15) is 0 Å². The highest BCUT2D eigenvalue weighted by Gasteiger charge is 2.13. The first-order valence-electron chi connectivity index (χ1n) is 7.82. The van der Waals surface area contributed by atoms with Crippen LogP contribution in [0.4, 0.5) is 0 Å². The molecule has 0 aliphatic rings. The molecule has 0 bridgehead atoms. The lowest BCUT2D eigenvalue weighted by molar-refractivity contribution is 0.502. The standard InChI is InChI=1S/C18H27N3/c1-14(2)20-13-17(16-7-5-6-15(3)12-16)8-9-18-19-10-11-21(18)4/h5-7,10-12,14,17,20H,8-9,13H2,1-4H3. The normalized spacial score (nSPS) is 12.8. The van der Waals surface area contributed by atoms with E-state index in [1.54, 1.807) is 0 Å². The highest BCUT2D eigenvalue weighted by Crippen LogP contribution is 2.22. The highest BCUT2D eigenvalue weighted by atomic mass is 15.0. The van der Waals surface area contributed by atoms with Gasteiger partial charge in [0.1, 0.15) is 5.82 Å². The average molecular weight is 285 g/mol. The van der Waals surface area contributed by atoms with Gasteiger partial charge in [0.05, 0.1) is 0 Å². The van der Waals surface area contributed by atoms with E-state index >= 15 is 0 Å². The molecular weight excluding hydrogens is 258 g/mol. The first-order valence-corrected chi connectivity index (χ1v) is 7.82. The van der Waals surface area contributed by atoms with Crippen molar-refractivity contribution >= 4 is 0 Å². The van der Waals surface area contributed by atoms with Crippen molar-refractivity contribution in [3.05, 3.63) is 53.6 Å². The molecule has 1 aromatic heterocycles. The van der Waals surface area contributed by atoms with Gasteiger partial charge in [-0.1, -0.05) is 43.7 Å². The summed E-state index contributed by atoms with van der Waals surface area (Å²) in [6.45, 7) is 7.58. The molecule has 1 heterocycles. The van der Waals surface area contributed by atoms with Crippen LogP contribution >= 0.6 is 0 Å². The van der Waals surface area contributed by atoms with Crippen LogP contribution in [0.2, 0.25) is 0 Å². The summed E-state index contributed by atoms with van der Waals surface area (Å²) in [6.07, 6.45) is 6.03. The van der Waals surface area contributed by atoms with Gasteiger partial charge in [-0.3, -0.25) is 0 Å².